The van der Waals surface area contributed by atoms with Crippen molar-refractivity contribution in [2.45, 2.75) is 11.5 Å². The van der Waals surface area contributed by atoms with Crippen LogP contribution in [0.4, 0.5) is 0 Å². The lowest BCUT2D eigenvalue weighted by Crippen LogP contribution is -2.15. The Balaban J connectivity index is 1.16. The molecule has 0 saturated carbocycles. The first-order valence-electron chi connectivity index (χ1n) is 17.1. The van der Waals surface area contributed by atoms with E-state index in [1.54, 1.807) is 23.5 Å². The van der Waals surface area contributed by atoms with Gasteiger partial charge in [0.15, 0.2) is 0 Å². The zero-order chi connectivity index (χ0) is 35.5. The van der Waals surface area contributed by atoms with Crippen molar-refractivity contribution in [1.82, 2.24) is 0 Å². The van der Waals surface area contributed by atoms with E-state index in [2.05, 4.69) is 35.1 Å². The number of hydrogen-bond acceptors (Lipinski definition) is 16. The highest BCUT2D eigenvalue weighted by atomic mass is 32.2. The number of fused-ring (bicyclic) bond motifs is 6. The van der Waals surface area contributed by atoms with Gasteiger partial charge in [0, 0.05) is 23.6 Å². The lowest BCUT2D eigenvalue weighted by molar-refractivity contribution is 0.00433. The van der Waals surface area contributed by atoms with Crippen molar-refractivity contribution in [3.05, 3.63) is 75.3 Å². The first-order chi connectivity index (χ1) is 25.8. The molecule has 2 aromatic carbocycles. The molecule has 16 heteroatoms. The van der Waals surface area contributed by atoms with E-state index >= 15 is 0 Å². The summed E-state index contributed by atoms with van der Waals surface area (Å²) < 4.78 is 63.9. The monoisotopic (exact) mass is 828 g/mol. The summed E-state index contributed by atoms with van der Waals surface area (Å²) in [7, 11) is 0. The summed E-state index contributed by atoms with van der Waals surface area (Å²) in [5.74, 6) is 4.58. The van der Waals surface area contributed by atoms with Crippen LogP contribution >= 0.6 is 70.6 Å². The van der Waals surface area contributed by atoms with Gasteiger partial charge in [0.05, 0.1) is 96.2 Å². The predicted molar refractivity (Wildman–Crippen MR) is 216 cm³/mol. The smallest absolute Gasteiger partial charge is 0.123 e. The first kappa shape index (κ1) is 40.4. The maximum Gasteiger partial charge on any atom is 0.123 e. The van der Waals surface area contributed by atoms with Gasteiger partial charge >= 0.3 is 0 Å². The standard InChI is InChI=1S/C36H44O10S6/c1-5-39-9-13-43-29-17-27-18-30(21-29)45-15-11-41-7-3-38-4-8-42-12-16-46-32-20-28(19-31(22-32)44-14-10-40-6-2-37-1)24-48-34-26-50-36(52-34)35-49-25-33(51-35)47-23-27/h17-22,25-26H,1-16,23-24H2/b36-35+. The van der Waals surface area contributed by atoms with Crippen LogP contribution < -0.4 is 18.9 Å². The average Bonchev–Trinajstić information content (AvgIpc) is 3.83. The van der Waals surface area contributed by atoms with Crippen LogP contribution in [-0.4, -0.2) is 106 Å². The SMILES string of the molecule is C1=C2SCc3cc4cc(c3)OCCOCCOCCOCCOc3cc(cc(c3)OCCOCCOCCOCCO4)CSC3=CS/C(=C(/S1)S2)S3. The zero-order valence-corrected chi connectivity index (χ0v) is 33.8. The van der Waals surface area contributed by atoms with Gasteiger partial charge in [-0.2, -0.15) is 0 Å². The number of ether oxygens (including phenoxy) is 10. The third kappa shape index (κ3) is 14.8. The molecule has 10 nitrogen and oxygen atoms in total. The van der Waals surface area contributed by atoms with E-state index in [0.717, 1.165) is 45.6 Å². The largest absolute Gasteiger partial charge is 0.491 e. The summed E-state index contributed by atoms with van der Waals surface area (Å²) in [5.41, 5.74) is 2.25. The van der Waals surface area contributed by atoms with E-state index in [-0.39, 0.29) is 0 Å². The minimum absolute atomic E-state index is 0.419. The zero-order valence-electron chi connectivity index (χ0n) is 28.9. The molecule has 2 aromatic rings. The Bertz CT molecular complexity index is 1330. The molecule has 0 unspecified atom stereocenters. The Morgan fingerprint density at radius 2 is 0.635 bits per heavy atom. The van der Waals surface area contributed by atoms with E-state index in [9.17, 15) is 0 Å². The van der Waals surface area contributed by atoms with Crippen LogP contribution in [0.3, 0.4) is 0 Å². The maximum atomic E-state index is 6.10. The van der Waals surface area contributed by atoms with Crippen molar-refractivity contribution >= 4 is 70.6 Å². The van der Waals surface area contributed by atoms with Crippen molar-refractivity contribution in [3.8, 4) is 23.0 Å². The highest BCUT2D eigenvalue weighted by Gasteiger charge is 2.23. The number of hydrogen-bond donors (Lipinski definition) is 0. The van der Waals surface area contributed by atoms with Crippen LogP contribution in [0.2, 0.25) is 0 Å². The highest BCUT2D eigenvalue weighted by molar-refractivity contribution is 8.39. The second kappa shape index (κ2) is 23.6. The lowest BCUT2D eigenvalue weighted by atomic mass is 10.2. The lowest BCUT2D eigenvalue weighted by Gasteiger charge is -2.14. The molecule has 0 saturated heterocycles. The Morgan fingerprint density at radius 3 is 0.942 bits per heavy atom. The van der Waals surface area contributed by atoms with Crippen LogP contribution in [0.5, 0.6) is 23.0 Å². The van der Waals surface area contributed by atoms with Crippen molar-refractivity contribution in [2.24, 2.45) is 0 Å². The quantitative estimate of drug-likeness (QED) is 0.255. The van der Waals surface area contributed by atoms with Crippen LogP contribution in [0.15, 0.2) is 64.2 Å². The van der Waals surface area contributed by atoms with E-state index in [4.69, 9.17) is 47.4 Å². The van der Waals surface area contributed by atoms with Crippen molar-refractivity contribution in [2.75, 3.05) is 106 Å². The average molecular weight is 829 g/mol. The molecular weight excluding hydrogens is 785 g/mol. The molecule has 284 valence electrons. The van der Waals surface area contributed by atoms with Gasteiger partial charge in [0.25, 0.3) is 0 Å². The van der Waals surface area contributed by atoms with Gasteiger partial charge in [-0.3, -0.25) is 0 Å². The molecule has 6 rings (SSSR count). The van der Waals surface area contributed by atoms with E-state index in [1.807, 2.05) is 59.2 Å². The third-order valence-electron chi connectivity index (χ3n) is 7.19. The van der Waals surface area contributed by atoms with Crippen LogP contribution in [-0.2, 0) is 39.9 Å². The molecule has 0 amide bonds. The Kier molecular flexibility index (Phi) is 18.3. The van der Waals surface area contributed by atoms with Crippen LogP contribution in [0, 0.1) is 0 Å². The van der Waals surface area contributed by atoms with Gasteiger partial charge in [-0.1, -0.05) is 47.0 Å². The Hall–Kier alpha value is -1.28. The van der Waals surface area contributed by atoms with E-state index in [0.29, 0.717) is 106 Å². The second-order valence-electron chi connectivity index (χ2n) is 11.2. The summed E-state index contributed by atoms with van der Waals surface area (Å²) in [6, 6.07) is 12.2. The van der Waals surface area contributed by atoms with Crippen LogP contribution in [0.25, 0.3) is 0 Å². The minimum atomic E-state index is 0.419. The number of thioether (sulfide) groups is 6. The first-order valence-corrected chi connectivity index (χ1v) is 22.5. The molecule has 0 atom stereocenters. The molecule has 0 radical (unpaired) electrons. The van der Waals surface area contributed by atoms with Gasteiger partial charge in [-0.25, -0.2) is 0 Å². The fourth-order valence-electron chi connectivity index (χ4n) is 4.82. The van der Waals surface area contributed by atoms with E-state index < -0.39 is 0 Å². The third-order valence-corrected chi connectivity index (χ3v) is 15.3. The molecule has 4 heterocycles. The van der Waals surface area contributed by atoms with Gasteiger partial charge in [0.2, 0.25) is 0 Å². The van der Waals surface area contributed by atoms with Crippen molar-refractivity contribution < 1.29 is 47.4 Å². The Labute approximate surface area is 331 Å². The fourth-order valence-corrected chi connectivity index (χ4v) is 12.3. The van der Waals surface area contributed by atoms with Crippen molar-refractivity contribution in [3.63, 3.8) is 0 Å². The summed E-state index contributed by atoms with van der Waals surface area (Å²) >= 11 is 10.9. The van der Waals surface area contributed by atoms with Gasteiger partial charge in [-0.15, -0.1) is 23.5 Å². The minimum Gasteiger partial charge on any atom is -0.491 e. The maximum absolute atomic E-state index is 6.10. The molecule has 0 aromatic heterocycles. The molecule has 0 aliphatic carbocycles. The summed E-state index contributed by atoms with van der Waals surface area (Å²) in [5, 5.41) is 4.51. The summed E-state index contributed by atoms with van der Waals surface area (Å²) in [6.45, 7) is 7.31. The topological polar surface area (TPSA) is 92.3 Å². The van der Waals surface area contributed by atoms with Crippen LogP contribution in [0.1, 0.15) is 11.1 Å². The molecular formula is C36H44O10S6. The highest BCUT2D eigenvalue weighted by Crippen LogP contribution is 2.59. The number of rotatable bonds is 0. The molecule has 0 N–H and O–H groups in total. The fraction of sp³-hybridized carbons (Fsp3) is 0.500. The van der Waals surface area contributed by atoms with E-state index in [1.165, 1.54) is 16.9 Å². The van der Waals surface area contributed by atoms with Gasteiger partial charge in [-0.05, 0) is 46.2 Å². The Morgan fingerprint density at radius 1 is 0.346 bits per heavy atom. The molecule has 0 fully saturated rings. The molecule has 10 bridgehead atoms. The summed E-state index contributed by atoms with van der Waals surface area (Å²) in [6.07, 6.45) is 0. The predicted octanol–water partition coefficient (Wildman–Crippen LogP) is 8.18. The van der Waals surface area contributed by atoms with Crippen molar-refractivity contribution in [1.29, 1.82) is 0 Å². The number of benzene rings is 2. The summed E-state index contributed by atoms with van der Waals surface area (Å²) in [4.78, 5) is 0. The normalized spacial score (nSPS) is 22.8. The molecule has 52 heavy (non-hydrogen) atoms. The molecule has 0 spiro atoms. The molecule has 4 aliphatic heterocycles. The van der Waals surface area contributed by atoms with Gasteiger partial charge < -0.3 is 47.4 Å². The van der Waals surface area contributed by atoms with Gasteiger partial charge in [0.1, 0.15) is 49.4 Å². The second-order valence-corrected chi connectivity index (χ2v) is 18.1. The molecule has 4 aliphatic rings.